The Kier molecular flexibility index (Phi) is 7.78. The van der Waals surface area contributed by atoms with Gasteiger partial charge in [-0.05, 0) is 24.3 Å². The van der Waals surface area contributed by atoms with Crippen molar-refractivity contribution >= 4 is 29.0 Å². The first-order valence-electron chi connectivity index (χ1n) is 8.39. The topological polar surface area (TPSA) is 112 Å². The highest BCUT2D eigenvalue weighted by Gasteiger charge is 2.15. The quantitative estimate of drug-likeness (QED) is 0.599. The van der Waals surface area contributed by atoms with Gasteiger partial charge in [0.05, 0.1) is 25.9 Å². The first-order valence-corrected chi connectivity index (χ1v) is 8.39. The maximum atomic E-state index is 11.5. The van der Waals surface area contributed by atoms with E-state index in [-0.39, 0.29) is 0 Å². The standard InChI is InChI=1S/C18H25N5O4/c1-25-10-8-23(9-11-26-2)17-15(19)16(20-12-21-17)22-14-6-4-13(5-7-14)18(24)27-3/h4-7,12H,8-11,19H2,1-3H3,(H,20,21,22). The van der Waals surface area contributed by atoms with Gasteiger partial charge in [0.15, 0.2) is 11.6 Å². The summed E-state index contributed by atoms with van der Waals surface area (Å²) in [5.41, 5.74) is 7.91. The Labute approximate surface area is 158 Å². The molecule has 0 radical (unpaired) electrons. The minimum absolute atomic E-state index is 0.391. The molecule has 0 aliphatic rings. The van der Waals surface area contributed by atoms with Crippen molar-refractivity contribution in [3.63, 3.8) is 0 Å². The number of nitrogens with two attached hydrogens (primary N) is 1. The van der Waals surface area contributed by atoms with E-state index in [0.717, 1.165) is 5.69 Å². The molecule has 146 valence electrons. The zero-order chi connectivity index (χ0) is 19.6. The van der Waals surface area contributed by atoms with Crippen LogP contribution >= 0.6 is 0 Å². The number of hydrogen-bond donors (Lipinski definition) is 2. The predicted molar refractivity (Wildman–Crippen MR) is 103 cm³/mol. The van der Waals surface area contributed by atoms with Gasteiger partial charge in [0.1, 0.15) is 12.0 Å². The lowest BCUT2D eigenvalue weighted by atomic mass is 10.2. The summed E-state index contributed by atoms with van der Waals surface area (Å²) in [6, 6.07) is 6.83. The molecule has 0 saturated carbocycles. The van der Waals surface area contributed by atoms with Crippen molar-refractivity contribution in [3.05, 3.63) is 36.2 Å². The molecule has 2 aromatic rings. The lowest BCUT2D eigenvalue weighted by Crippen LogP contribution is -2.32. The van der Waals surface area contributed by atoms with E-state index in [1.807, 2.05) is 4.90 Å². The van der Waals surface area contributed by atoms with Gasteiger partial charge < -0.3 is 30.2 Å². The maximum Gasteiger partial charge on any atom is 0.337 e. The number of nitrogen functional groups attached to an aromatic ring is 1. The van der Waals surface area contributed by atoms with Crippen molar-refractivity contribution in [2.75, 3.05) is 63.6 Å². The van der Waals surface area contributed by atoms with Gasteiger partial charge in [-0.25, -0.2) is 14.8 Å². The first kappa shape index (κ1) is 20.4. The normalized spacial score (nSPS) is 10.5. The van der Waals surface area contributed by atoms with E-state index in [4.69, 9.17) is 19.9 Å². The molecule has 0 fully saturated rings. The third-order valence-electron chi connectivity index (χ3n) is 3.86. The SMILES string of the molecule is COCCN(CCOC)c1ncnc(Nc2ccc(C(=O)OC)cc2)c1N. The largest absolute Gasteiger partial charge is 0.465 e. The van der Waals surface area contributed by atoms with Crippen LogP contribution in [0.1, 0.15) is 10.4 Å². The molecular formula is C18H25N5O4. The van der Waals surface area contributed by atoms with E-state index < -0.39 is 5.97 Å². The Morgan fingerprint density at radius 2 is 1.70 bits per heavy atom. The Morgan fingerprint density at radius 3 is 2.26 bits per heavy atom. The van der Waals surface area contributed by atoms with Crippen LogP contribution in [-0.2, 0) is 14.2 Å². The molecule has 9 heteroatoms. The molecule has 27 heavy (non-hydrogen) atoms. The average Bonchev–Trinajstić information content (AvgIpc) is 2.70. The lowest BCUT2D eigenvalue weighted by molar-refractivity contribution is 0.0601. The number of carbonyl (C=O) groups is 1. The third kappa shape index (κ3) is 5.53. The van der Waals surface area contributed by atoms with Crippen LogP contribution in [0.15, 0.2) is 30.6 Å². The van der Waals surface area contributed by atoms with Crippen LogP contribution in [0, 0.1) is 0 Å². The molecule has 0 atom stereocenters. The second-order valence-corrected chi connectivity index (χ2v) is 5.63. The van der Waals surface area contributed by atoms with Crippen LogP contribution < -0.4 is 16.0 Å². The number of rotatable bonds is 10. The van der Waals surface area contributed by atoms with Crippen molar-refractivity contribution in [2.24, 2.45) is 0 Å². The van der Waals surface area contributed by atoms with Crippen LogP contribution in [0.4, 0.5) is 23.0 Å². The van der Waals surface area contributed by atoms with Gasteiger partial charge in [-0.3, -0.25) is 0 Å². The molecule has 0 bridgehead atoms. The number of aromatic nitrogens is 2. The van der Waals surface area contributed by atoms with E-state index in [0.29, 0.717) is 49.2 Å². The third-order valence-corrected chi connectivity index (χ3v) is 3.86. The molecule has 3 N–H and O–H groups in total. The lowest BCUT2D eigenvalue weighted by Gasteiger charge is -2.25. The number of benzene rings is 1. The fourth-order valence-corrected chi connectivity index (χ4v) is 2.41. The summed E-state index contributed by atoms with van der Waals surface area (Å²) in [6.45, 7) is 2.30. The number of methoxy groups -OCH3 is 3. The molecule has 0 unspecified atom stereocenters. The van der Waals surface area contributed by atoms with Gasteiger partial charge in [-0.1, -0.05) is 0 Å². The van der Waals surface area contributed by atoms with E-state index in [9.17, 15) is 4.79 Å². The fourth-order valence-electron chi connectivity index (χ4n) is 2.41. The molecular weight excluding hydrogens is 350 g/mol. The number of esters is 1. The van der Waals surface area contributed by atoms with Crippen molar-refractivity contribution < 1.29 is 19.0 Å². The number of anilines is 4. The number of hydrogen-bond acceptors (Lipinski definition) is 9. The Bertz CT molecular complexity index is 731. The summed E-state index contributed by atoms with van der Waals surface area (Å²) in [4.78, 5) is 22.0. The number of carbonyl (C=O) groups excluding carboxylic acids is 1. The molecule has 0 amide bonds. The molecule has 0 aliphatic heterocycles. The Balaban J connectivity index is 2.20. The molecule has 2 rings (SSSR count). The minimum atomic E-state index is -0.391. The van der Waals surface area contributed by atoms with E-state index in [2.05, 4.69) is 15.3 Å². The van der Waals surface area contributed by atoms with Gasteiger partial charge in [0.2, 0.25) is 0 Å². The highest BCUT2D eigenvalue weighted by Crippen LogP contribution is 2.28. The van der Waals surface area contributed by atoms with E-state index in [1.165, 1.54) is 13.4 Å². The fraction of sp³-hybridized carbons (Fsp3) is 0.389. The summed E-state index contributed by atoms with van der Waals surface area (Å²) in [5.74, 6) is 0.691. The maximum absolute atomic E-state index is 11.5. The smallest absolute Gasteiger partial charge is 0.337 e. The van der Waals surface area contributed by atoms with Crippen molar-refractivity contribution in [3.8, 4) is 0 Å². The zero-order valence-corrected chi connectivity index (χ0v) is 15.8. The van der Waals surface area contributed by atoms with Crippen molar-refractivity contribution in [2.45, 2.75) is 0 Å². The van der Waals surface area contributed by atoms with Gasteiger partial charge in [0, 0.05) is 33.0 Å². The molecule has 1 aromatic heterocycles. The van der Waals surface area contributed by atoms with E-state index >= 15 is 0 Å². The van der Waals surface area contributed by atoms with Crippen molar-refractivity contribution in [1.29, 1.82) is 0 Å². The van der Waals surface area contributed by atoms with Gasteiger partial charge >= 0.3 is 5.97 Å². The average molecular weight is 375 g/mol. The van der Waals surface area contributed by atoms with Crippen LogP contribution in [-0.4, -0.2) is 63.6 Å². The van der Waals surface area contributed by atoms with Crippen LogP contribution in [0.5, 0.6) is 0 Å². The molecule has 0 aliphatic carbocycles. The molecule has 1 heterocycles. The number of ether oxygens (including phenoxy) is 3. The summed E-state index contributed by atoms with van der Waals surface area (Å²) in [6.07, 6.45) is 1.45. The summed E-state index contributed by atoms with van der Waals surface area (Å²) >= 11 is 0. The Morgan fingerprint density at radius 1 is 1.07 bits per heavy atom. The number of nitrogens with one attached hydrogen (secondary N) is 1. The summed E-state index contributed by atoms with van der Waals surface area (Å²) < 4.78 is 15.0. The second-order valence-electron chi connectivity index (χ2n) is 5.63. The predicted octanol–water partition coefficient (Wildman–Crippen LogP) is 1.69. The van der Waals surface area contributed by atoms with Gasteiger partial charge in [0.25, 0.3) is 0 Å². The summed E-state index contributed by atoms with van der Waals surface area (Å²) in [5, 5.41) is 3.15. The van der Waals surface area contributed by atoms with Crippen LogP contribution in [0.3, 0.4) is 0 Å². The molecule has 0 spiro atoms. The Hall–Kier alpha value is -2.91. The van der Waals surface area contributed by atoms with Crippen LogP contribution in [0.2, 0.25) is 0 Å². The van der Waals surface area contributed by atoms with E-state index in [1.54, 1.807) is 38.5 Å². The molecule has 9 nitrogen and oxygen atoms in total. The minimum Gasteiger partial charge on any atom is -0.465 e. The van der Waals surface area contributed by atoms with Gasteiger partial charge in [-0.2, -0.15) is 0 Å². The monoisotopic (exact) mass is 375 g/mol. The van der Waals surface area contributed by atoms with Crippen LogP contribution in [0.25, 0.3) is 0 Å². The number of nitrogens with zero attached hydrogens (tertiary/aromatic N) is 3. The second kappa shape index (κ2) is 10.3. The summed E-state index contributed by atoms with van der Waals surface area (Å²) in [7, 11) is 4.63. The first-order chi connectivity index (χ1) is 13.1. The van der Waals surface area contributed by atoms with Crippen molar-refractivity contribution in [1.82, 2.24) is 9.97 Å². The molecule has 0 saturated heterocycles. The molecule has 1 aromatic carbocycles. The highest BCUT2D eigenvalue weighted by molar-refractivity contribution is 5.90. The zero-order valence-electron chi connectivity index (χ0n) is 15.8. The van der Waals surface area contributed by atoms with Gasteiger partial charge in [-0.15, -0.1) is 0 Å². The highest BCUT2D eigenvalue weighted by atomic mass is 16.5.